The maximum atomic E-state index is 4.00. The second-order valence-electron chi connectivity index (χ2n) is 3.65. The van der Waals surface area contributed by atoms with Gasteiger partial charge in [-0.05, 0) is 30.9 Å². The monoisotopic (exact) mass is 176 g/mol. The Labute approximate surface area is 82.4 Å². The van der Waals surface area contributed by atoms with Crippen molar-refractivity contribution >= 4 is 0 Å². The van der Waals surface area contributed by atoms with Crippen LogP contribution in [0.4, 0.5) is 0 Å². The van der Waals surface area contributed by atoms with Gasteiger partial charge < -0.3 is 0 Å². The van der Waals surface area contributed by atoms with Crippen LogP contribution in [0, 0.1) is 5.92 Å². The minimum atomic E-state index is 0.591. The lowest BCUT2D eigenvalue weighted by Gasteiger charge is -2.06. The summed E-state index contributed by atoms with van der Waals surface area (Å²) in [4.78, 5) is 0. The Morgan fingerprint density at radius 3 is 2.15 bits per heavy atom. The van der Waals surface area contributed by atoms with Gasteiger partial charge in [0.1, 0.15) is 0 Å². The average molecular weight is 176 g/mol. The van der Waals surface area contributed by atoms with E-state index >= 15 is 0 Å². The highest BCUT2D eigenvalue weighted by atomic mass is 14.0. The number of hydrogen-bond donors (Lipinski definition) is 0. The first-order valence-electron chi connectivity index (χ1n) is 4.65. The first kappa shape index (κ1) is 12.0. The predicted molar refractivity (Wildman–Crippen MR) is 61.7 cm³/mol. The van der Waals surface area contributed by atoms with Crippen LogP contribution in [-0.2, 0) is 0 Å². The van der Waals surface area contributed by atoms with Crippen LogP contribution in [0.25, 0.3) is 0 Å². The molecular formula is C13H20. The number of hydrogen-bond acceptors (Lipinski definition) is 0. The SMILES string of the molecule is C=C/C=C(/C)C(=C)/C=C(\C)C(C)C. The van der Waals surface area contributed by atoms with E-state index in [1.54, 1.807) is 6.08 Å². The molecule has 0 heteroatoms. The third-order valence-corrected chi connectivity index (χ3v) is 2.19. The summed E-state index contributed by atoms with van der Waals surface area (Å²) in [5, 5.41) is 0. The van der Waals surface area contributed by atoms with Crippen molar-refractivity contribution in [2.24, 2.45) is 5.92 Å². The summed E-state index contributed by atoms with van der Waals surface area (Å²) in [7, 11) is 0. The van der Waals surface area contributed by atoms with Crippen molar-refractivity contribution in [3.63, 3.8) is 0 Å². The highest BCUT2D eigenvalue weighted by Gasteiger charge is 1.97. The molecular weight excluding hydrogens is 156 g/mol. The van der Waals surface area contributed by atoms with Gasteiger partial charge in [-0.2, -0.15) is 0 Å². The fraction of sp³-hybridized carbons (Fsp3) is 0.385. The van der Waals surface area contributed by atoms with Crippen molar-refractivity contribution in [3.8, 4) is 0 Å². The molecule has 0 aliphatic heterocycles. The molecule has 0 rings (SSSR count). The van der Waals surface area contributed by atoms with Crippen LogP contribution in [0.5, 0.6) is 0 Å². The normalized spacial score (nSPS) is 13.3. The summed E-state index contributed by atoms with van der Waals surface area (Å²) < 4.78 is 0. The van der Waals surface area contributed by atoms with E-state index in [0.29, 0.717) is 5.92 Å². The van der Waals surface area contributed by atoms with E-state index < -0.39 is 0 Å². The van der Waals surface area contributed by atoms with Crippen molar-refractivity contribution in [1.29, 1.82) is 0 Å². The fourth-order valence-electron chi connectivity index (χ4n) is 0.839. The molecule has 0 N–H and O–H groups in total. The van der Waals surface area contributed by atoms with E-state index in [1.807, 2.05) is 13.0 Å². The first-order valence-corrected chi connectivity index (χ1v) is 4.65. The van der Waals surface area contributed by atoms with Gasteiger partial charge >= 0.3 is 0 Å². The molecule has 0 heterocycles. The van der Waals surface area contributed by atoms with E-state index in [4.69, 9.17) is 0 Å². The lowest BCUT2D eigenvalue weighted by molar-refractivity contribution is 0.768. The molecule has 0 aromatic heterocycles. The summed E-state index contributed by atoms with van der Waals surface area (Å²) >= 11 is 0. The minimum Gasteiger partial charge on any atom is -0.0991 e. The van der Waals surface area contributed by atoms with Crippen LogP contribution in [0.1, 0.15) is 27.7 Å². The summed E-state index contributed by atoms with van der Waals surface area (Å²) in [5.41, 5.74) is 3.61. The molecule has 0 atom stereocenters. The maximum absolute atomic E-state index is 4.00. The Kier molecular flexibility index (Phi) is 5.13. The zero-order chi connectivity index (χ0) is 10.4. The third kappa shape index (κ3) is 4.51. The highest BCUT2D eigenvalue weighted by molar-refractivity contribution is 5.39. The van der Waals surface area contributed by atoms with Crippen LogP contribution >= 0.6 is 0 Å². The first-order chi connectivity index (χ1) is 5.99. The molecule has 0 amide bonds. The lowest BCUT2D eigenvalue weighted by atomic mass is 10.00. The molecule has 0 aromatic rings. The van der Waals surface area contributed by atoms with Crippen molar-refractivity contribution in [1.82, 2.24) is 0 Å². The van der Waals surface area contributed by atoms with Crippen LogP contribution in [0.15, 0.2) is 48.1 Å². The quantitative estimate of drug-likeness (QED) is 0.561. The Morgan fingerprint density at radius 1 is 1.23 bits per heavy atom. The number of allylic oxidation sites excluding steroid dienone is 6. The van der Waals surface area contributed by atoms with Crippen LogP contribution in [0.3, 0.4) is 0 Å². The van der Waals surface area contributed by atoms with Gasteiger partial charge in [0.2, 0.25) is 0 Å². The zero-order valence-electron chi connectivity index (χ0n) is 9.22. The average Bonchev–Trinajstić information content (AvgIpc) is 2.04. The number of rotatable bonds is 4. The van der Waals surface area contributed by atoms with Gasteiger partial charge in [-0.15, -0.1) is 0 Å². The van der Waals surface area contributed by atoms with E-state index in [1.165, 1.54) is 11.1 Å². The maximum Gasteiger partial charge on any atom is -0.0260 e. The molecule has 0 aromatic carbocycles. The summed E-state index contributed by atoms with van der Waals surface area (Å²) in [6.07, 6.45) is 5.91. The molecule has 0 aliphatic carbocycles. The van der Waals surface area contributed by atoms with Crippen molar-refractivity contribution in [2.75, 3.05) is 0 Å². The van der Waals surface area contributed by atoms with Gasteiger partial charge in [-0.25, -0.2) is 0 Å². The van der Waals surface area contributed by atoms with Crippen molar-refractivity contribution in [2.45, 2.75) is 27.7 Å². The molecule has 0 fully saturated rings. The Morgan fingerprint density at radius 2 is 1.77 bits per heavy atom. The van der Waals surface area contributed by atoms with Gasteiger partial charge in [-0.3, -0.25) is 0 Å². The summed E-state index contributed by atoms with van der Waals surface area (Å²) in [6, 6.07) is 0. The highest BCUT2D eigenvalue weighted by Crippen LogP contribution is 2.15. The van der Waals surface area contributed by atoms with E-state index in [0.717, 1.165) is 5.57 Å². The van der Waals surface area contributed by atoms with Crippen LogP contribution < -0.4 is 0 Å². The zero-order valence-corrected chi connectivity index (χ0v) is 9.22. The van der Waals surface area contributed by atoms with E-state index in [9.17, 15) is 0 Å². The lowest BCUT2D eigenvalue weighted by Crippen LogP contribution is -1.90. The molecule has 0 bridgehead atoms. The molecule has 0 radical (unpaired) electrons. The topological polar surface area (TPSA) is 0 Å². The van der Waals surface area contributed by atoms with Crippen LogP contribution in [0.2, 0.25) is 0 Å². The van der Waals surface area contributed by atoms with Gasteiger partial charge in [0, 0.05) is 0 Å². The van der Waals surface area contributed by atoms with E-state index in [2.05, 4.69) is 40.0 Å². The Bertz CT molecular complexity index is 249. The van der Waals surface area contributed by atoms with Crippen LogP contribution in [-0.4, -0.2) is 0 Å². The molecule has 0 unspecified atom stereocenters. The summed E-state index contributed by atoms with van der Waals surface area (Å²) in [6.45, 7) is 16.2. The minimum absolute atomic E-state index is 0.591. The third-order valence-electron chi connectivity index (χ3n) is 2.19. The van der Waals surface area contributed by atoms with Gasteiger partial charge in [0.25, 0.3) is 0 Å². The standard InChI is InChI=1S/C13H20/c1-7-8-11(4)13(6)9-12(5)10(2)3/h7-10H,1,6H2,2-5H3/b11-8-,12-9+. The van der Waals surface area contributed by atoms with E-state index in [-0.39, 0.29) is 0 Å². The van der Waals surface area contributed by atoms with Crippen molar-refractivity contribution in [3.05, 3.63) is 48.1 Å². The summed E-state index contributed by atoms with van der Waals surface area (Å²) in [5.74, 6) is 0.591. The second-order valence-corrected chi connectivity index (χ2v) is 3.65. The molecule has 0 aliphatic rings. The smallest absolute Gasteiger partial charge is 0.0260 e. The van der Waals surface area contributed by atoms with Gasteiger partial charge in [0.05, 0.1) is 0 Å². The molecule has 0 saturated carbocycles. The molecule has 0 spiro atoms. The molecule has 0 nitrogen and oxygen atoms in total. The predicted octanol–water partition coefficient (Wildman–Crippen LogP) is 4.28. The Balaban J connectivity index is 4.55. The van der Waals surface area contributed by atoms with Gasteiger partial charge in [-0.1, -0.05) is 50.8 Å². The largest absolute Gasteiger partial charge is 0.0991 e. The van der Waals surface area contributed by atoms with Crippen molar-refractivity contribution < 1.29 is 0 Å². The van der Waals surface area contributed by atoms with Gasteiger partial charge in [0.15, 0.2) is 0 Å². The molecule has 0 saturated heterocycles. The molecule has 72 valence electrons. The second kappa shape index (κ2) is 5.58. The fourth-order valence-corrected chi connectivity index (χ4v) is 0.839. The molecule has 13 heavy (non-hydrogen) atoms. The Hall–Kier alpha value is -1.04.